The van der Waals surface area contributed by atoms with Crippen molar-refractivity contribution in [3.05, 3.63) is 0 Å². The Kier molecular flexibility index (Phi) is 11.5. The molecular formula is C30H60O12Si7. The Balaban J connectivity index is 1.29. The zero-order valence-electron chi connectivity index (χ0n) is 29.2. The van der Waals surface area contributed by atoms with E-state index in [1.165, 1.54) is 0 Å². The van der Waals surface area contributed by atoms with Crippen LogP contribution in [0.15, 0.2) is 0 Å². The average Bonchev–Trinajstić information content (AvgIpc) is 3.11. The van der Waals surface area contributed by atoms with Crippen LogP contribution in [-0.2, 0) is 37.0 Å². The summed E-state index contributed by atoms with van der Waals surface area (Å²) in [5.74, 6) is 0. The highest BCUT2D eigenvalue weighted by molar-refractivity contribution is 6.93. The Bertz CT molecular complexity index is 1050. The Morgan fingerprint density at radius 3 is 0.939 bits per heavy atom. The van der Waals surface area contributed by atoms with Crippen molar-refractivity contribution < 1.29 is 51.4 Å². The minimum atomic E-state index is -4.24. The van der Waals surface area contributed by atoms with E-state index < -0.39 is 63.1 Å². The standard InChI is InChI=1S/C30H60O12Si7/c31-45(26-16-6-1-7-17-26)35-43-34-44-37-48(39-45,29-22-12-4-13-23-29)41-47(33,28-20-10-3-11-21-28)42-49(38-44,30-24-14-5-15-25-30)40-46(32,36-43)27-18-8-2-9-19-27/h26-33,43-44H,1-25H2. The minimum absolute atomic E-state index is 0.124. The first-order valence-corrected chi connectivity index (χ1v) is 32.0. The fourth-order valence-corrected chi connectivity index (χ4v) is 45.4. The van der Waals surface area contributed by atoms with E-state index in [4.69, 9.17) is 37.0 Å². The van der Waals surface area contributed by atoms with Crippen LogP contribution in [0.2, 0.25) is 27.7 Å². The Morgan fingerprint density at radius 1 is 0.327 bits per heavy atom. The minimum Gasteiger partial charge on any atom is -0.390 e. The Labute approximate surface area is 301 Å². The van der Waals surface area contributed by atoms with Gasteiger partial charge in [-0.1, -0.05) is 96.3 Å². The van der Waals surface area contributed by atoms with E-state index >= 15 is 0 Å². The van der Waals surface area contributed by atoms with Gasteiger partial charge in [-0.25, -0.2) is 0 Å². The van der Waals surface area contributed by atoms with Crippen molar-refractivity contribution >= 4 is 63.1 Å². The average molecular weight is 809 g/mol. The normalized spacial score (nSPS) is 46.3. The lowest BCUT2D eigenvalue weighted by molar-refractivity contribution is 0.0106. The molecule has 8 rings (SSSR count). The first kappa shape index (κ1) is 37.0. The molecule has 19 heteroatoms. The molecule has 0 aromatic rings. The van der Waals surface area contributed by atoms with Crippen molar-refractivity contribution in [2.75, 3.05) is 0 Å². The molecule has 0 amide bonds. The fourth-order valence-electron chi connectivity index (χ4n) is 10.2. The number of hydrogen-bond donors (Lipinski definition) is 3. The van der Waals surface area contributed by atoms with Crippen LogP contribution in [0.4, 0.5) is 0 Å². The van der Waals surface area contributed by atoms with E-state index in [9.17, 15) is 14.4 Å². The van der Waals surface area contributed by atoms with Crippen LogP contribution in [0.1, 0.15) is 161 Å². The van der Waals surface area contributed by atoms with Gasteiger partial charge < -0.3 is 51.4 Å². The molecule has 280 valence electrons. The topological polar surface area (TPSA) is 144 Å². The van der Waals surface area contributed by atoms with E-state index in [2.05, 4.69) is 0 Å². The molecule has 0 spiro atoms. The largest absolute Gasteiger partial charge is 0.486 e. The summed E-state index contributed by atoms with van der Waals surface area (Å²) >= 11 is 0. The SMILES string of the molecule is O[Si]1(C2CCCCC2)O[SiH]2O[SiH]3O[Si](C4CCCCC4)(O1)O[Si](O)(C1CCCCC1)O[Si](C1CCCCC1)(O3)O[Si](O)(C1CCCCC1)O2. The zero-order chi connectivity index (χ0) is 33.6. The second kappa shape index (κ2) is 15.3. The van der Waals surface area contributed by atoms with E-state index in [-0.39, 0.29) is 27.7 Å². The highest BCUT2D eigenvalue weighted by Crippen LogP contribution is 2.54. The molecule has 4 unspecified atom stereocenters. The lowest BCUT2D eigenvalue weighted by Crippen LogP contribution is -2.79. The van der Waals surface area contributed by atoms with E-state index in [0.717, 1.165) is 161 Å². The molecule has 8 aliphatic rings. The summed E-state index contributed by atoms with van der Waals surface area (Å²) in [5, 5.41) is 0. The van der Waals surface area contributed by atoms with E-state index in [1.54, 1.807) is 0 Å². The van der Waals surface area contributed by atoms with Crippen molar-refractivity contribution in [3.63, 3.8) is 0 Å². The molecule has 12 nitrogen and oxygen atoms in total. The van der Waals surface area contributed by atoms with Gasteiger partial charge in [0.1, 0.15) is 0 Å². The molecule has 0 aromatic carbocycles. The van der Waals surface area contributed by atoms with Gasteiger partial charge in [0.15, 0.2) is 0 Å². The number of hydrogen-bond acceptors (Lipinski definition) is 12. The Hall–Kier alpha value is 1.04. The number of fused-ring (bicyclic) bond motifs is 3. The molecule has 4 bridgehead atoms. The van der Waals surface area contributed by atoms with Crippen molar-refractivity contribution in [2.45, 2.75) is 188 Å². The maximum Gasteiger partial charge on any atom is 0.486 e. The lowest BCUT2D eigenvalue weighted by Gasteiger charge is -2.56. The van der Waals surface area contributed by atoms with Gasteiger partial charge in [-0.2, -0.15) is 0 Å². The third-order valence-electron chi connectivity index (χ3n) is 13.0. The van der Waals surface area contributed by atoms with Gasteiger partial charge in [-0.3, -0.25) is 0 Å². The van der Waals surface area contributed by atoms with Crippen molar-refractivity contribution in [2.24, 2.45) is 0 Å². The molecule has 4 atom stereocenters. The van der Waals surface area contributed by atoms with Crippen LogP contribution in [0.3, 0.4) is 0 Å². The third kappa shape index (κ3) is 7.66. The molecule has 3 saturated heterocycles. The highest BCUT2D eigenvalue weighted by Gasteiger charge is 2.75. The van der Waals surface area contributed by atoms with Gasteiger partial charge in [0.25, 0.3) is 0 Å². The van der Waals surface area contributed by atoms with Gasteiger partial charge in [0, 0.05) is 27.7 Å². The third-order valence-corrected chi connectivity index (χ3v) is 40.4. The van der Waals surface area contributed by atoms with Gasteiger partial charge in [-0.05, 0) is 64.2 Å². The van der Waals surface area contributed by atoms with Crippen molar-refractivity contribution in [1.82, 2.24) is 0 Å². The second-order valence-electron chi connectivity index (χ2n) is 16.4. The molecule has 3 heterocycles. The molecule has 8 fully saturated rings. The Morgan fingerprint density at radius 2 is 0.592 bits per heavy atom. The van der Waals surface area contributed by atoms with Crippen LogP contribution in [0, 0.1) is 0 Å². The molecular weight excluding hydrogens is 749 g/mol. The summed E-state index contributed by atoms with van der Waals surface area (Å²) in [6.45, 7) is 0. The van der Waals surface area contributed by atoms with Crippen molar-refractivity contribution in [3.8, 4) is 0 Å². The van der Waals surface area contributed by atoms with Crippen LogP contribution in [0.5, 0.6) is 0 Å². The molecule has 3 aliphatic heterocycles. The predicted molar refractivity (Wildman–Crippen MR) is 194 cm³/mol. The van der Waals surface area contributed by atoms with Crippen molar-refractivity contribution in [1.29, 1.82) is 0 Å². The quantitative estimate of drug-likeness (QED) is 0.283. The predicted octanol–water partition coefficient (Wildman–Crippen LogP) is 5.95. The van der Waals surface area contributed by atoms with E-state index in [1.807, 2.05) is 0 Å². The molecule has 0 aromatic heterocycles. The summed E-state index contributed by atoms with van der Waals surface area (Å²) < 4.78 is 64.0. The van der Waals surface area contributed by atoms with Crippen LogP contribution < -0.4 is 0 Å². The van der Waals surface area contributed by atoms with Gasteiger partial charge >= 0.3 is 63.1 Å². The smallest absolute Gasteiger partial charge is 0.390 e. The van der Waals surface area contributed by atoms with Gasteiger partial charge in [-0.15, -0.1) is 0 Å². The molecule has 49 heavy (non-hydrogen) atoms. The lowest BCUT2D eigenvalue weighted by atomic mass is 10.0. The summed E-state index contributed by atoms with van der Waals surface area (Å²) in [6.07, 6.45) is 23.4. The monoisotopic (exact) mass is 808 g/mol. The summed E-state index contributed by atoms with van der Waals surface area (Å²) in [5.41, 5.74) is -0.915. The van der Waals surface area contributed by atoms with Gasteiger partial charge in [0.05, 0.1) is 0 Å². The molecule has 5 aliphatic carbocycles. The summed E-state index contributed by atoms with van der Waals surface area (Å²) in [6, 6.07) is 0. The molecule has 5 saturated carbocycles. The second-order valence-corrected chi connectivity index (χ2v) is 35.9. The first-order valence-electron chi connectivity index (χ1n) is 20.1. The van der Waals surface area contributed by atoms with Gasteiger partial charge in [0.2, 0.25) is 0 Å². The molecule has 0 radical (unpaired) electrons. The van der Waals surface area contributed by atoms with Crippen LogP contribution in [0.25, 0.3) is 0 Å². The maximum atomic E-state index is 13.4. The molecule has 3 N–H and O–H groups in total. The summed E-state index contributed by atoms with van der Waals surface area (Å²) in [7, 11) is -27.0. The fraction of sp³-hybridized carbons (Fsp3) is 1.00. The van der Waals surface area contributed by atoms with Crippen LogP contribution >= 0.6 is 0 Å². The zero-order valence-corrected chi connectivity index (χ0v) is 36.5. The highest BCUT2D eigenvalue weighted by atomic mass is 28.6. The summed E-state index contributed by atoms with van der Waals surface area (Å²) in [4.78, 5) is 39.2. The van der Waals surface area contributed by atoms with E-state index in [0.29, 0.717) is 0 Å². The number of rotatable bonds is 5. The van der Waals surface area contributed by atoms with Crippen LogP contribution in [-0.4, -0.2) is 77.5 Å². The first-order chi connectivity index (χ1) is 23.7. The maximum absolute atomic E-state index is 13.4.